The molecule has 3 rings (SSSR count). The lowest BCUT2D eigenvalue weighted by atomic mass is 9.86. The number of rotatable bonds is 4. The fourth-order valence-corrected chi connectivity index (χ4v) is 3.58. The van der Waals surface area contributed by atoms with E-state index in [1.54, 1.807) is 24.3 Å². The van der Waals surface area contributed by atoms with Crippen molar-refractivity contribution in [1.29, 1.82) is 0 Å². The summed E-state index contributed by atoms with van der Waals surface area (Å²) in [6.07, 6.45) is 5.22. The van der Waals surface area contributed by atoms with Crippen molar-refractivity contribution in [3.05, 3.63) is 36.5 Å². The van der Waals surface area contributed by atoms with Crippen LogP contribution >= 0.6 is 0 Å². The van der Waals surface area contributed by atoms with Crippen LogP contribution in [-0.4, -0.2) is 56.6 Å². The zero-order valence-electron chi connectivity index (χ0n) is 15.7. The van der Waals surface area contributed by atoms with Gasteiger partial charge in [-0.3, -0.25) is 9.78 Å². The van der Waals surface area contributed by atoms with Gasteiger partial charge in [0, 0.05) is 37.1 Å². The number of hydrogen-bond donors (Lipinski definition) is 3. The van der Waals surface area contributed by atoms with E-state index in [-0.39, 0.29) is 23.4 Å². The minimum absolute atomic E-state index is 0.0131. The number of carbonyl (C=O) groups excluding carboxylic acids is 1. The first-order chi connectivity index (χ1) is 12.3. The normalized spacial score (nSPS) is 21.8. The molecule has 1 fully saturated rings. The number of H-pyrrole nitrogens is 1. The number of likely N-dealkylation sites (tertiary alicyclic amines) is 1. The molecular weight excluding hydrogens is 330 g/mol. The minimum atomic E-state index is -0.548. The van der Waals surface area contributed by atoms with Crippen molar-refractivity contribution < 1.29 is 9.90 Å². The van der Waals surface area contributed by atoms with Gasteiger partial charge in [-0.05, 0) is 24.6 Å². The fraction of sp³-hybridized carbons (Fsp3) is 0.526. The van der Waals surface area contributed by atoms with Gasteiger partial charge in [-0.15, -0.1) is 0 Å². The minimum Gasteiger partial charge on any atom is -0.391 e. The molecule has 1 saturated heterocycles. The molecule has 140 valence electrons. The molecule has 0 aliphatic carbocycles. The van der Waals surface area contributed by atoms with E-state index in [2.05, 4.69) is 20.3 Å². The van der Waals surface area contributed by atoms with Gasteiger partial charge in [0.25, 0.3) is 0 Å². The highest BCUT2D eigenvalue weighted by molar-refractivity contribution is 5.83. The number of aromatic amines is 1. The van der Waals surface area contributed by atoms with Gasteiger partial charge in [0.05, 0.1) is 23.9 Å². The molecule has 0 radical (unpaired) electrons. The maximum atomic E-state index is 13.1. The van der Waals surface area contributed by atoms with E-state index in [4.69, 9.17) is 0 Å². The summed E-state index contributed by atoms with van der Waals surface area (Å²) < 4.78 is 0. The highest BCUT2D eigenvalue weighted by atomic mass is 16.3. The number of β-amino-alcohol motifs (C(OH)–C–C–N with tert-alkyl or cyclic N) is 1. The molecule has 0 bridgehead atoms. The second-order valence-corrected chi connectivity index (χ2v) is 7.90. The predicted molar refractivity (Wildman–Crippen MR) is 99.2 cm³/mol. The zero-order valence-corrected chi connectivity index (χ0v) is 15.7. The number of nitrogens with zero attached hydrogens (tertiary/aromatic N) is 3. The molecule has 1 aliphatic rings. The van der Waals surface area contributed by atoms with Crippen LogP contribution in [0.3, 0.4) is 0 Å². The lowest BCUT2D eigenvalue weighted by molar-refractivity contribution is -0.137. The van der Waals surface area contributed by atoms with E-state index in [0.717, 1.165) is 11.3 Å². The Morgan fingerprint density at radius 3 is 2.85 bits per heavy atom. The number of aromatic nitrogens is 3. The molecule has 1 amide bonds. The number of aliphatic hydroxyl groups excluding tert-OH is 1. The third-order valence-electron chi connectivity index (χ3n) is 4.83. The maximum absolute atomic E-state index is 13.1. The summed E-state index contributed by atoms with van der Waals surface area (Å²) in [5, 5.41) is 13.3. The average Bonchev–Trinajstić information content (AvgIpc) is 3.21. The summed E-state index contributed by atoms with van der Waals surface area (Å²) in [4.78, 5) is 26.8. The molecule has 0 spiro atoms. The molecular formula is C19H27N5O2. The summed E-state index contributed by atoms with van der Waals surface area (Å²) in [6, 6.07) is 3.21. The monoisotopic (exact) mass is 357 g/mol. The maximum Gasteiger partial charge on any atom is 0.240 e. The van der Waals surface area contributed by atoms with Crippen molar-refractivity contribution in [2.75, 3.05) is 13.6 Å². The molecule has 7 heteroatoms. The predicted octanol–water partition coefficient (Wildman–Crippen LogP) is 1.74. The van der Waals surface area contributed by atoms with E-state index in [9.17, 15) is 9.90 Å². The standard InChI is InChI=1S/C19H27N5O2/c1-19(2,3)16(20-4)18(26)24-11-13(25)8-15(24)17-22-10-14(23-17)12-6-5-7-21-9-12/h5-7,9-10,13,15-16,20,25H,8,11H2,1-4H3,(H,22,23)/t13-,15+,16-/m1/s1. The molecule has 2 aromatic rings. The topological polar surface area (TPSA) is 94.1 Å². The number of pyridine rings is 1. The van der Waals surface area contributed by atoms with E-state index in [1.165, 1.54) is 0 Å². The van der Waals surface area contributed by atoms with Gasteiger partial charge in [0.15, 0.2) is 0 Å². The molecule has 3 N–H and O–H groups in total. The van der Waals surface area contributed by atoms with Crippen molar-refractivity contribution in [1.82, 2.24) is 25.2 Å². The van der Waals surface area contributed by atoms with Gasteiger partial charge in [-0.25, -0.2) is 4.98 Å². The summed E-state index contributed by atoms with van der Waals surface area (Å²) in [7, 11) is 1.79. The Morgan fingerprint density at radius 2 is 2.23 bits per heavy atom. The molecule has 3 heterocycles. The Labute approximate surface area is 153 Å². The van der Waals surface area contributed by atoms with Crippen LogP contribution in [-0.2, 0) is 4.79 Å². The van der Waals surface area contributed by atoms with Crippen LogP contribution in [0, 0.1) is 5.41 Å². The molecule has 7 nitrogen and oxygen atoms in total. The highest BCUT2D eigenvalue weighted by Crippen LogP contribution is 2.34. The Balaban J connectivity index is 1.87. The van der Waals surface area contributed by atoms with E-state index >= 15 is 0 Å². The number of hydrogen-bond acceptors (Lipinski definition) is 5. The van der Waals surface area contributed by atoms with Crippen molar-refractivity contribution in [3.8, 4) is 11.3 Å². The molecule has 1 aliphatic heterocycles. The van der Waals surface area contributed by atoms with Gasteiger partial charge in [-0.1, -0.05) is 20.8 Å². The van der Waals surface area contributed by atoms with Gasteiger partial charge >= 0.3 is 0 Å². The number of nitrogens with one attached hydrogen (secondary N) is 2. The summed E-state index contributed by atoms with van der Waals surface area (Å²) in [5.41, 5.74) is 1.46. The van der Waals surface area contributed by atoms with E-state index in [0.29, 0.717) is 18.8 Å². The van der Waals surface area contributed by atoms with Gasteiger partial charge in [-0.2, -0.15) is 0 Å². The highest BCUT2D eigenvalue weighted by Gasteiger charge is 2.42. The van der Waals surface area contributed by atoms with Crippen molar-refractivity contribution in [2.24, 2.45) is 5.41 Å². The van der Waals surface area contributed by atoms with Crippen LogP contribution in [0.5, 0.6) is 0 Å². The van der Waals surface area contributed by atoms with Gasteiger partial charge < -0.3 is 20.3 Å². The van der Waals surface area contributed by atoms with Crippen LogP contribution in [0.15, 0.2) is 30.7 Å². The number of aliphatic hydroxyl groups is 1. The smallest absolute Gasteiger partial charge is 0.240 e. The summed E-state index contributed by atoms with van der Waals surface area (Å²) in [5.74, 6) is 0.679. The first-order valence-electron chi connectivity index (χ1n) is 8.92. The van der Waals surface area contributed by atoms with Crippen LogP contribution in [0.2, 0.25) is 0 Å². The fourth-order valence-electron chi connectivity index (χ4n) is 3.58. The van der Waals surface area contributed by atoms with Crippen molar-refractivity contribution in [3.63, 3.8) is 0 Å². The van der Waals surface area contributed by atoms with Crippen molar-refractivity contribution in [2.45, 2.75) is 45.4 Å². The van der Waals surface area contributed by atoms with E-state index in [1.807, 2.05) is 39.1 Å². The van der Waals surface area contributed by atoms with Crippen LogP contribution in [0.1, 0.15) is 39.1 Å². The van der Waals surface area contributed by atoms with E-state index < -0.39 is 6.10 Å². The number of imidazole rings is 1. The Bertz CT molecular complexity index is 753. The van der Waals surface area contributed by atoms with Crippen LogP contribution in [0.25, 0.3) is 11.3 Å². The third-order valence-corrected chi connectivity index (χ3v) is 4.83. The Hall–Kier alpha value is -2.25. The number of amides is 1. The second-order valence-electron chi connectivity index (χ2n) is 7.90. The number of likely N-dealkylation sites (N-methyl/N-ethyl adjacent to an activating group) is 1. The second kappa shape index (κ2) is 7.17. The molecule has 26 heavy (non-hydrogen) atoms. The zero-order chi connectivity index (χ0) is 18.9. The molecule has 2 aromatic heterocycles. The molecule has 0 saturated carbocycles. The quantitative estimate of drug-likeness (QED) is 0.775. The first kappa shape index (κ1) is 18.5. The number of carbonyl (C=O) groups is 1. The largest absolute Gasteiger partial charge is 0.391 e. The van der Waals surface area contributed by atoms with Crippen molar-refractivity contribution >= 4 is 5.91 Å². The van der Waals surface area contributed by atoms with Gasteiger partial charge in [0.1, 0.15) is 5.82 Å². The lowest BCUT2D eigenvalue weighted by Crippen LogP contribution is -2.52. The van der Waals surface area contributed by atoms with Crippen LogP contribution < -0.4 is 5.32 Å². The lowest BCUT2D eigenvalue weighted by Gasteiger charge is -2.34. The SMILES string of the molecule is CN[C@H](C(=O)N1C[C@H](O)C[C@H]1c1nc(-c2cccnc2)c[nH]1)C(C)(C)C. The van der Waals surface area contributed by atoms with Gasteiger partial charge in [0.2, 0.25) is 5.91 Å². The Morgan fingerprint density at radius 1 is 1.46 bits per heavy atom. The molecule has 0 unspecified atom stereocenters. The summed E-state index contributed by atoms with van der Waals surface area (Å²) >= 11 is 0. The Kier molecular flexibility index (Phi) is 5.11. The molecule has 0 aromatic carbocycles. The average molecular weight is 357 g/mol. The molecule has 3 atom stereocenters. The summed E-state index contributed by atoms with van der Waals surface area (Å²) in [6.45, 7) is 6.41. The van der Waals surface area contributed by atoms with Crippen LogP contribution in [0.4, 0.5) is 0 Å². The first-order valence-corrected chi connectivity index (χ1v) is 8.92. The third kappa shape index (κ3) is 3.64.